The highest BCUT2D eigenvalue weighted by Crippen LogP contribution is 2.32. The molecule has 0 saturated carbocycles. The van der Waals surface area contributed by atoms with E-state index in [0.29, 0.717) is 27.2 Å². The minimum atomic E-state index is -0.515. The van der Waals surface area contributed by atoms with Crippen LogP contribution < -0.4 is 14.2 Å². The van der Waals surface area contributed by atoms with Gasteiger partial charge >= 0.3 is 5.97 Å². The second-order valence-corrected chi connectivity index (χ2v) is 6.05. The lowest BCUT2D eigenvalue weighted by Gasteiger charge is -2.10. The summed E-state index contributed by atoms with van der Waals surface area (Å²) >= 11 is 3.32. The topological polar surface area (TPSA) is 70.5 Å². The zero-order chi connectivity index (χ0) is 18.5. The van der Waals surface area contributed by atoms with Crippen LogP contribution in [0.2, 0.25) is 0 Å². The fraction of sp³-hybridized carbons (Fsp3) is 0.105. The van der Waals surface area contributed by atoms with Gasteiger partial charge in [-0.25, -0.2) is 4.79 Å². The lowest BCUT2D eigenvalue weighted by molar-refractivity contribution is 0.0725. The van der Waals surface area contributed by atoms with E-state index in [-0.39, 0.29) is 5.88 Å². The van der Waals surface area contributed by atoms with Gasteiger partial charge in [-0.3, -0.25) is 0 Å². The van der Waals surface area contributed by atoms with Crippen molar-refractivity contribution < 1.29 is 19.0 Å². The van der Waals surface area contributed by atoms with E-state index in [2.05, 4.69) is 26.1 Å². The van der Waals surface area contributed by atoms with Crippen LogP contribution in [0.4, 0.5) is 0 Å². The van der Waals surface area contributed by atoms with Crippen LogP contribution in [-0.2, 0) is 0 Å². The van der Waals surface area contributed by atoms with Gasteiger partial charge in [0.05, 0.1) is 25.5 Å². The normalized spacial score (nSPS) is 10.3. The molecular weight excluding hydrogens is 400 g/mol. The number of aromatic nitrogens is 2. The molecule has 0 fully saturated rings. The maximum atomic E-state index is 12.2. The van der Waals surface area contributed by atoms with Crippen molar-refractivity contribution in [2.45, 2.75) is 0 Å². The Bertz CT molecular complexity index is 929. The predicted octanol–water partition coefficient (Wildman–Crippen LogP) is 4.14. The van der Waals surface area contributed by atoms with Gasteiger partial charge in [-0.2, -0.15) is 0 Å². The van der Waals surface area contributed by atoms with Gasteiger partial charge in [0.1, 0.15) is 11.5 Å². The Kier molecular flexibility index (Phi) is 5.48. The summed E-state index contributed by atoms with van der Waals surface area (Å²) < 4.78 is 16.5. The van der Waals surface area contributed by atoms with Crippen molar-refractivity contribution in [2.75, 3.05) is 14.2 Å². The largest absolute Gasteiger partial charge is 0.497 e. The molecule has 0 atom stereocenters. The molecule has 132 valence electrons. The van der Waals surface area contributed by atoms with Crippen molar-refractivity contribution in [3.05, 3.63) is 64.6 Å². The average Bonchev–Trinajstić information content (AvgIpc) is 2.68. The second-order valence-electron chi connectivity index (χ2n) is 5.19. The molecule has 0 spiro atoms. The summed E-state index contributed by atoms with van der Waals surface area (Å²) in [6, 6.07) is 15.7. The summed E-state index contributed by atoms with van der Waals surface area (Å²) in [4.78, 5) is 12.2. The van der Waals surface area contributed by atoms with Crippen molar-refractivity contribution in [2.24, 2.45) is 0 Å². The van der Waals surface area contributed by atoms with Crippen LogP contribution in [0.1, 0.15) is 10.4 Å². The van der Waals surface area contributed by atoms with Crippen LogP contribution in [-0.4, -0.2) is 30.4 Å². The Morgan fingerprint density at radius 3 is 2.42 bits per heavy atom. The van der Waals surface area contributed by atoms with Crippen LogP contribution in [0, 0.1) is 0 Å². The quantitative estimate of drug-likeness (QED) is 0.584. The number of hydrogen-bond acceptors (Lipinski definition) is 6. The number of methoxy groups -OCH3 is 2. The first kappa shape index (κ1) is 17.9. The van der Waals surface area contributed by atoms with Crippen molar-refractivity contribution >= 4 is 21.9 Å². The molecule has 0 aliphatic carbocycles. The van der Waals surface area contributed by atoms with E-state index in [1.807, 2.05) is 6.07 Å². The minimum absolute atomic E-state index is 0.108. The summed E-state index contributed by atoms with van der Waals surface area (Å²) in [5, 5.41) is 8.10. The molecular formula is C19H15BrN2O4. The number of rotatable bonds is 5. The van der Waals surface area contributed by atoms with Crippen LogP contribution in [0.15, 0.2) is 59.1 Å². The molecule has 0 unspecified atom stereocenters. The summed E-state index contributed by atoms with van der Waals surface area (Å²) in [5.74, 6) is 0.903. The standard InChI is InChI=1S/C19H15BrN2O4/c1-24-12-7-9-17(25-2)14(11-12)16-8-10-18(22-21-16)26-19(23)13-5-3-4-6-15(13)20/h3-11H,1-2H3. The molecule has 0 N–H and O–H groups in total. The highest BCUT2D eigenvalue weighted by Gasteiger charge is 2.14. The number of hydrogen-bond donors (Lipinski definition) is 0. The molecule has 7 heteroatoms. The molecule has 0 aliphatic heterocycles. The van der Waals surface area contributed by atoms with E-state index in [4.69, 9.17) is 14.2 Å². The minimum Gasteiger partial charge on any atom is -0.497 e. The Morgan fingerprint density at radius 1 is 0.962 bits per heavy atom. The van der Waals surface area contributed by atoms with Crippen molar-refractivity contribution in [1.29, 1.82) is 0 Å². The third kappa shape index (κ3) is 3.83. The van der Waals surface area contributed by atoms with Crippen molar-refractivity contribution in [1.82, 2.24) is 10.2 Å². The summed E-state index contributed by atoms with van der Waals surface area (Å²) in [6.45, 7) is 0. The highest BCUT2D eigenvalue weighted by atomic mass is 79.9. The van der Waals surface area contributed by atoms with Gasteiger partial charge in [0.25, 0.3) is 0 Å². The van der Waals surface area contributed by atoms with E-state index >= 15 is 0 Å². The molecule has 0 saturated heterocycles. The summed E-state index contributed by atoms with van der Waals surface area (Å²) in [5.41, 5.74) is 1.71. The molecule has 0 aliphatic rings. The number of nitrogens with zero attached hydrogens (tertiary/aromatic N) is 2. The molecule has 3 rings (SSSR count). The fourth-order valence-electron chi connectivity index (χ4n) is 2.31. The van der Waals surface area contributed by atoms with Crippen LogP contribution in [0.25, 0.3) is 11.3 Å². The van der Waals surface area contributed by atoms with E-state index in [9.17, 15) is 4.79 Å². The molecule has 6 nitrogen and oxygen atoms in total. The number of esters is 1. The van der Waals surface area contributed by atoms with Crippen LogP contribution in [0.3, 0.4) is 0 Å². The van der Waals surface area contributed by atoms with Crippen LogP contribution in [0.5, 0.6) is 17.4 Å². The third-order valence-corrected chi connectivity index (χ3v) is 4.31. The summed E-state index contributed by atoms with van der Waals surface area (Å²) in [7, 11) is 3.16. The fourth-order valence-corrected chi connectivity index (χ4v) is 2.76. The Balaban J connectivity index is 1.83. The molecule has 0 amide bonds. The molecule has 2 aromatic carbocycles. The third-order valence-electron chi connectivity index (χ3n) is 3.61. The van der Waals surface area contributed by atoms with E-state index in [1.54, 1.807) is 62.8 Å². The summed E-state index contributed by atoms with van der Waals surface area (Å²) in [6.07, 6.45) is 0. The van der Waals surface area contributed by atoms with Crippen LogP contribution >= 0.6 is 15.9 Å². The Morgan fingerprint density at radius 2 is 1.77 bits per heavy atom. The smallest absolute Gasteiger partial charge is 0.346 e. The zero-order valence-electron chi connectivity index (χ0n) is 14.1. The van der Waals surface area contributed by atoms with E-state index in [1.165, 1.54) is 0 Å². The first-order chi connectivity index (χ1) is 12.6. The highest BCUT2D eigenvalue weighted by molar-refractivity contribution is 9.10. The number of halogens is 1. The van der Waals surface area contributed by atoms with Crippen molar-refractivity contribution in [3.8, 4) is 28.6 Å². The van der Waals surface area contributed by atoms with Gasteiger partial charge in [0.2, 0.25) is 5.88 Å². The first-order valence-corrected chi connectivity index (χ1v) is 8.44. The van der Waals surface area contributed by atoms with Gasteiger partial charge in [0, 0.05) is 16.1 Å². The number of carbonyl (C=O) groups is 1. The first-order valence-electron chi connectivity index (χ1n) is 7.65. The number of carbonyl (C=O) groups excluding carboxylic acids is 1. The monoisotopic (exact) mass is 414 g/mol. The van der Waals surface area contributed by atoms with Gasteiger partial charge < -0.3 is 14.2 Å². The predicted molar refractivity (Wildman–Crippen MR) is 99.7 cm³/mol. The van der Waals surface area contributed by atoms with Gasteiger partial charge in [0.15, 0.2) is 0 Å². The average molecular weight is 415 g/mol. The zero-order valence-corrected chi connectivity index (χ0v) is 15.7. The molecule has 26 heavy (non-hydrogen) atoms. The van der Waals surface area contributed by atoms with Gasteiger partial charge in [-0.15, -0.1) is 10.2 Å². The molecule has 0 radical (unpaired) electrons. The maximum absolute atomic E-state index is 12.2. The van der Waals surface area contributed by atoms with Crippen molar-refractivity contribution in [3.63, 3.8) is 0 Å². The molecule has 3 aromatic rings. The van der Waals surface area contributed by atoms with E-state index in [0.717, 1.165) is 5.56 Å². The number of benzene rings is 2. The molecule has 0 bridgehead atoms. The van der Waals surface area contributed by atoms with E-state index < -0.39 is 5.97 Å². The maximum Gasteiger partial charge on any atom is 0.346 e. The molecule has 1 aromatic heterocycles. The SMILES string of the molecule is COc1ccc(OC)c(-c2ccc(OC(=O)c3ccccc3Br)nn2)c1. The Labute approximate surface area is 158 Å². The number of ether oxygens (including phenoxy) is 3. The lowest BCUT2D eigenvalue weighted by Crippen LogP contribution is -2.10. The van der Waals surface area contributed by atoms with Gasteiger partial charge in [-0.05, 0) is 52.3 Å². The second kappa shape index (κ2) is 7.97. The van der Waals surface area contributed by atoms with Gasteiger partial charge in [-0.1, -0.05) is 12.1 Å². The Hall–Kier alpha value is -2.93. The molecule has 1 heterocycles. The lowest BCUT2D eigenvalue weighted by atomic mass is 10.1.